The number of piperazine rings is 1. The Hall–Kier alpha value is -2.77. The fourth-order valence-corrected chi connectivity index (χ4v) is 4.30. The summed E-state index contributed by atoms with van der Waals surface area (Å²) in [6, 6.07) is 16.0. The normalized spacial score (nSPS) is 23.6. The third kappa shape index (κ3) is 5.04. The van der Waals surface area contributed by atoms with Gasteiger partial charge in [-0.2, -0.15) is 0 Å². The number of carbonyl (C=O) groups is 2. The van der Waals surface area contributed by atoms with Crippen molar-refractivity contribution in [1.82, 2.24) is 15.5 Å². The molecular formula is C23H27FN4O2. The predicted octanol–water partition coefficient (Wildman–Crippen LogP) is 2.28. The first-order valence-corrected chi connectivity index (χ1v) is 10.4. The Labute approximate surface area is 175 Å². The third-order valence-electron chi connectivity index (χ3n) is 5.89. The Balaban J connectivity index is 1.29. The van der Waals surface area contributed by atoms with Gasteiger partial charge in [0.2, 0.25) is 11.8 Å². The first-order valence-electron chi connectivity index (χ1n) is 10.4. The lowest BCUT2D eigenvalue weighted by molar-refractivity contribution is -0.129. The number of benzene rings is 2. The summed E-state index contributed by atoms with van der Waals surface area (Å²) < 4.78 is 13.1. The van der Waals surface area contributed by atoms with Gasteiger partial charge in [-0.05, 0) is 42.7 Å². The van der Waals surface area contributed by atoms with E-state index in [1.165, 1.54) is 12.1 Å². The molecule has 30 heavy (non-hydrogen) atoms. The molecule has 0 aromatic heterocycles. The molecule has 0 spiro atoms. The van der Waals surface area contributed by atoms with Crippen molar-refractivity contribution in [3.05, 3.63) is 66.0 Å². The molecule has 4 rings (SSSR count). The molecule has 2 saturated heterocycles. The van der Waals surface area contributed by atoms with Gasteiger partial charge in [0.1, 0.15) is 5.82 Å². The first-order chi connectivity index (χ1) is 14.6. The maximum Gasteiger partial charge on any atom is 0.237 e. The lowest BCUT2D eigenvalue weighted by atomic mass is 10.0. The molecular weight excluding hydrogens is 383 g/mol. The van der Waals surface area contributed by atoms with Crippen LogP contribution in [0.2, 0.25) is 0 Å². The number of anilines is 1. The number of carbonyl (C=O) groups excluding carboxylic acids is 2. The van der Waals surface area contributed by atoms with E-state index in [-0.39, 0.29) is 35.8 Å². The first kappa shape index (κ1) is 20.5. The number of fused-ring (bicyclic) bond motifs is 1. The summed E-state index contributed by atoms with van der Waals surface area (Å²) >= 11 is 0. The Bertz CT molecular complexity index is 875. The Morgan fingerprint density at radius 1 is 1.13 bits per heavy atom. The van der Waals surface area contributed by atoms with Crippen LogP contribution in [0.25, 0.3) is 0 Å². The van der Waals surface area contributed by atoms with Gasteiger partial charge in [-0.1, -0.05) is 30.3 Å². The molecule has 3 N–H and O–H groups in total. The second-order valence-corrected chi connectivity index (χ2v) is 8.00. The zero-order valence-electron chi connectivity index (χ0n) is 16.8. The van der Waals surface area contributed by atoms with E-state index in [2.05, 4.69) is 20.9 Å². The fourth-order valence-electron chi connectivity index (χ4n) is 4.30. The molecule has 158 valence electrons. The zero-order valence-corrected chi connectivity index (χ0v) is 16.8. The van der Waals surface area contributed by atoms with E-state index in [4.69, 9.17) is 0 Å². The van der Waals surface area contributed by atoms with Crippen molar-refractivity contribution >= 4 is 17.5 Å². The minimum atomic E-state index is -0.243. The number of amides is 2. The fraction of sp³-hybridized carbons (Fsp3) is 0.391. The topological polar surface area (TPSA) is 73.5 Å². The molecule has 0 saturated carbocycles. The molecule has 0 unspecified atom stereocenters. The summed E-state index contributed by atoms with van der Waals surface area (Å²) in [6.45, 7) is 1.97. The van der Waals surface area contributed by atoms with Gasteiger partial charge in [-0.3, -0.25) is 14.5 Å². The summed E-state index contributed by atoms with van der Waals surface area (Å²) in [7, 11) is 0. The van der Waals surface area contributed by atoms with E-state index in [1.807, 2.05) is 30.3 Å². The molecule has 3 atom stereocenters. The van der Waals surface area contributed by atoms with Crippen molar-refractivity contribution < 1.29 is 14.0 Å². The summed E-state index contributed by atoms with van der Waals surface area (Å²) in [5, 5.41) is 9.40. The van der Waals surface area contributed by atoms with Gasteiger partial charge in [0.15, 0.2) is 0 Å². The highest BCUT2D eigenvalue weighted by Crippen LogP contribution is 2.26. The number of hydrogen-bond donors (Lipinski definition) is 3. The highest BCUT2D eigenvalue weighted by Gasteiger charge is 2.43. The van der Waals surface area contributed by atoms with Crippen LogP contribution in [0.1, 0.15) is 24.8 Å². The molecule has 2 aliphatic rings. The van der Waals surface area contributed by atoms with Crippen LogP contribution in [0.4, 0.5) is 10.1 Å². The van der Waals surface area contributed by atoms with E-state index in [9.17, 15) is 14.0 Å². The number of rotatable bonds is 7. The summed E-state index contributed by atoms with van der Waals surface area (Å²) in [5.41, 5.74) is 1.81. The molecule has 7 heteroatoms. The minimum absolute atomic E-state index is 0.0140. The monoisotopic (exact) mass is 410 g/mol. The molecule has 6 nitrogen and oxygen atoms in total. The van der Waals surface area contributed by atoms with E-state index in [1.54, 1.807) is 12.1 Å². The average molecular weight is 410 g/mol. The van der Waals surface area contributed by atoms with Crippen LogP contribution < -0.4 is 16.0 Å². The second kappa shape index (κ2) is 9.36. The van der Waals surface area contributed by atoms with Crippen LogP contribution in [-0.2, 0) is 16.1 Å². The van der Waals surface area contributed by atoms with Gasteiger partial charge in [0.05, 0.1) is 6.04 Å². The van der Waals surface area contributed by atoms with Gasteiger partial charge in [0.25, 0.3) is 0 Å². The summed E-state index contributed by atoms with van der Waals surface area (Å²) in [5.74, 6) is -0.196. The Morgan fingerprint density at radius 3 is 2.67 bits per heavy atom. The van der Waals surface area contributed by atoms with Gasteiger partial charge in [0, 0.05) is 43.8 Å². The van der Waals surface area contributed by atoms with E-state index >= 15 is 0 Å². The molecule has 2 heterocycles. The van der Waals surface area contributed by atoms with Crippen molar-refractivity contribution in [2.75, 3.05) is 18.4 Å². The highest BCUT2D eigenvalue weighted by molar-refractivity contribution is 5.90. The van der Waals surface area contributed by atoms with Crippen molar-refractivity contribution in [3.63, 3.8) is 0 Å². The minimum Gasteiger partial charge on any atom is -0.353 e. The third-order valence-corrected chi connectivity index (χ3v) is 5.89. The Kier molecular flexibility index (Phi) is 6.40. The molecule has 2 fully saturated rings. The number of para-hydroxylation sites is 1. The maximum absolute atomic E-state index is 13.1. The van der Waals surface area contributed by atoms with Gasteiger partial charge >= 0.3 is 0 Å². The van der Waals surface area contributed by atoms with E-state index < -0.39 is 0 Å². The van der Waals surface area contributed by atoms with Crippen molar-refractivity contribution in [1.29, 1.82) is 0 Å². The largest absolute Gasteiger partial charge is 0.353 e. The van der Waals surface area contributed by atoms with Gasteiger partial charge in [-0.15, -0.1) is 0 Å². The van der Waals surface area contributed by atoms with Crippen LogP contribution in [0.3, 0.4) is 0 Å². The number of halogens is 1. The average Bonchev–Trinajstić information content (AvgIpc) is 3.19. The zero-order chi connectivity index (χ0) is 20.9. The lowest BCUT2D eigenvalue weighted by Crippen LogP contribution is -2.57. The van der Waals surface area contributed by atoms with Crippen molar-refractivity contribution in [2.24, 2.45) is 0 Å². The molecule has 0 radical (unpaired) electrons. The Morgan fingerprint density at radius 2 is 1.90 bits per heavy atom. The number of nitrogens with zero attached hydrogens (tertiary/aromatic N) is 1. The van der Waals surface area contributed by atoms with Crippen LogP contribution in [0.5, 0.6) is 0 Å². The van der Waals surface area contributed by atoms with Crippen LogP contribution in [0.15, 0.2) is 54.6 Å². The molecule has 2 amide bonds. The standard InChI is InChI=1S/C23H27FN4O2/c24-17-8-6-16(7-9-17)13-25-19-12-21-23(30)26-14-20(28(21)15-19)10-11-22(29)27-18-4-2-1-3-5-18/h1-9,19-21,25H,10-15H2,(H,26,30)(H,27,29)/t19-,20+,21-/m0/s1. The van der Waals surface area contributed by atoms with Crippen LogP contribution in [-0.4, -0.2) is 47.9 Å². The van der Waals surface area contributed by atoms with Crippen molar-refractivity contribution in [2.45, 2.75) is 43.9 Å². The molecule has 2 aromatic rings. The lowest BCUT2D eigenvalue weighted by Gasteiger charge is -2.37. The summed E-state index contributed by atoms with van der Waals surface area (Å²) in [4.78, 5) is 26.9. The predicted molar refractivity (Wildman–Crippen MR) is 113 cm³/mol. The maximum atomic E-state index is 13.1. The van der Waals surface area contributed by atoms with Crippen LogP contribution in [0, 0.1) is 5.82 Å². The molecule has 0 aliphatic carbocycles. The van der Waals surface area contributed by atoms with Crippen molar-refractivity contribution in [3.8, 4) is 0 Å². The second-order valence-electron chi connectivity index (χ2n) is 8.00. The molecule has 2 aromatic carbocycles. The van der Waals surface area contributed by atoms with Gasteiger partial charge in [-0.25, -0.2) is 4.39 Å². The van der Waals surface area contributed by atoms with E-state index in [0.717, 1.165) is 24.2 Å². The number of hydrogen-bond acceptors (Lipinski definition) is 4. The van der Waals surface area contributed by atoms with E-state index in [0.29, 0.717) is 25.9 Å². The quantitative estimate of drug-likeness (QED) is 0.655. The number of nitrogens with one attached hydrogen (secondary N) is 3. The summed E-state index contributed by atoms with van der Waals surface area (Å²) in [6.07, 6.45) is 1.84. The van der Waals surface area contributed by atoms with Gasteiger partial charge < -0.3 is 16.0 Å². The van der Waals surface area contributed by atoms with Crippen LogP contribution >= 0.6 is 0 Å². The smallest absolute Gasteiger partial charge is 0.237 e. The highest BCUT2D eigenvalue weighted by atomic mass is 19.1. The SMILES string of the molecule is O=C(CC[C@@H]1CNC(=O)[C@@H]2C[C@H](NCc3ccc(F)cc3)CN12)Nc1ccccc1. The molecule has 0 bridgehead atoms. The molecule has 2 aliphatic heterocycles.